The predicted octanol–water partition coefficient (Wildman–Crippen LogP) is 1.71. The second-order valence-corrected chi connectivity index (χ2v) is 4.82. The van der Waals surface area contributed by atoms with E-state index in [1.165, 1.54) is 7.11 Å². The number of methoxy groups -OCH3 is 1. The molecule has 0 aromatic carbocycles. The first-order chi connectivity index (χ1) is 9.21. The van der Waals surface area contributed by atoms with Crippen LogP contribution in [0.25, 0.3) is 0 Å². The zero-order valence-corrected chi connectivity index (χ0v) is 12.3. The molecule has 5 nitrogen and oxygen atoms in total. The lowest BCUT2D eigenvalue weighted by molar-refractivity contribution is -0.147. The van der Waals surface area contributed by atoms with Crippen LogP contribution in [0.2, 0.25) is 0 Å². The third-order valence-corrected chi connectivity index (χ3v) is 3.54. The van der Waals surface area contributed by atoms with Crippen molar-refractivity contribution in [1.82, 2.24) is 5.32 Å². The Labute approximate surface area is 116 Å². The molecule has 5 heteroatoms. The minimum absolute atomic E-state index is 0.0695. The number of ether oxygens (including phenoxy) is 3. The minimum atomic E-state index is -0.173. The third kappa shape index (κ3) is 5.89. The Hall–Kier alpha value is -0.650. The van der Waals surface area contributed by atoms with E-state index in [1.807, 2.05) is 13.8 Å². The Balaban J connectivity index is 2.22. The van der Waals surface area contributed by atoms with Gasteiger partial charge in [-0.25, -0.2) is 0 Å². The summed E-state index contributed by atoms with van der Waals surface area (Å²) in [7, 11) is 1.46. The molecule has 1 fully saturated rings. The first kappa shape index (κ1) is 16.4. The summed E-state index contributed by atoms with van der Waals surface area (Å²) < 4.78 is 15.8. The van der Waals surface area contributed by atoms with E-state index in [4.69, 9.17) is 14.2 Å². The maximum atomic E-state index is 11.4. The summed E-state index contributed by atoms with van der Waals surface area (Å²) >= 11 is 0. The Morgan fingerprint density at radius 1 is 1.16 bits per heavy atom. The molecule has 19 heavy (non-hydrogen) atoms. The molecular formula is C14H27NO4. The van der Waals surface area contributed by atoms with Crippen LogP contribution in [0.15, 0.2) is 0 Å². The topological polar surface area (TPSA) is 56.8 Å². The lowest BCUT2D eigenvalue weighted by Gasteiger charge is -2.29. The molecule has 0 bridgehead atoms. The number of carbonyl (C=O) groups is 1. The van der Waals surface area contributed by atoms with Gasteiger partial charge in [0.05, 0.1) is 13.0 Å². The number of carbonyl (C=O) groups excluding carboxylic acids is 1. The third-order valence-electron chi connectivity index (χ3n) is 3.54. The Kier molecular flexibility index (Phi) is 8.02. The largest absolute Gasteiger partial charge is 0.469 e. The van der Waals surface area contributed by atoms with Gasteiger partial charge in [0, 0.05) is 25.8 Å². The van der Waals surface area contributed by atoms with Crippen molar-refractivity contribution in [2.75, 3.05) is 26.9 Å². The molecule has 112 valence electrons. The molecule has 1 saturated carbocycles. The summed E-state index contributed by atoms with van der Waals surface area (Å²) in [6, 6.07) is 0.448. The van der Waals surface area contributed by atoms with E-state index < -0.39 is 0 Å². The lowest BCUT2D eigenvalue weighted by Crippen LogP contribution is -2.40. The van der Waals surface area contributed by atoms with E-state index in [-0.39, 0.29) is 18.2 Å². The van der Waals surface area contributed by atoms with Crippen molar-refractivity contribution < 1.29 is 19.0 Å². The molecule has 1 aliphatic carbocycles. The van der Waals surface area contributed by atoms with Crippen molar-refractivity contribution in [2.45, 2.75) is 51.9 Å². The molecule has 0 spiro atoms. The van der Waals surface area contributed by atoms with Crippen LogP contribution < -0.4 is 5.32 Å². The second-order valence-electron chi connectivity index (χ2n) is 4.82. The van der Waals surface area contributed by atoms with Crippen molar-refractivity contribution in [3.63, 3.8) is 0 Å². The lowest BCUT2D eigenvalue weighted by atomic mass is 9.86. The molecule has 0 heterocycles. The molecule has 1 rings (SSSR count). The van der Waals surface area contributed by atoms with Crippen molar-refractivity contribution >= 4 is 5.97 Å². The van der Waals surface area contributed by atoms with Crippen molar-refractivity contribution in [3.05, 3.63) is 0 Å². The monoisotopic (exact) mass is 273 g/mol. The van der Waals surface area contributed by atoms with Gasteiger partial charge in [0.2, 0.25) is 0 Å². The average Bonchev–Trinajstić information content (AvgIpc) is 2.45. The molecular weight excluding hydrogens is 246 g/mol. The van der Waals surface area contributed by atoms with E-state index >= 15 is 0 Å². The maximum Gasteiger partial charge on any atom is 0.308 e. The van der Waals surface area contributed by atoms with Crippen LogP contribution in [-0.4, -0.2) is 45.2 Å². The van der Waals surface area contributed by atoms with Crippen LogP contribution >= 0.6 is 0 Å². The van der Waals surface area contributed by atoms with Gasteiger partial charge < -0.3 is 19.5 Å². The molecule has 0 aliphatic heterocycles. The van der Waals surface area contributed by atoms with Gasteiger partial charge in [0.1, 0.15) is 0 Å². The maximum absolute atomic E-state index is 11.4. The molecule has 1 N–H and O–H groups in total. The minimum Gasteiger partial charge on any atom is -0.469 e. The van der Waals surface area contributed by atoms with Crippen LogP contribution in [-0.2, 0) is 19.0 Å². The van der Waals surface area contributed by atoms with E-state index in [9.17, 15) is 4.79 Å². The van der Waals surface area contributed by atoms with Gasteiger partial charge in [0.15, 0.2) is 6.29 Å². The smallest absolute Gasteiger partial charge is 0.308 e. The standard InChI is InChI=1S/C14H27NO4/c1-4-18-13(19-5-2)10-15-12-8-6-11(7-9-12)14(16)17-3/h11-13,15H,4-10H2,1-3H3/t11-,12-. The van der Waals surface area contributed by atoms with Gasteiger partial charge in [-0.15, -0.1) is 0 Å². The molecule has 0 atom stereocenters. The van der Waals surface area contributed by atoms with Crippen LogP contribution in [0.4, 0.5) is 0 Å². The second kappa shape index (κ2) is 9.28. The van der Waals surface area contributed by atoms with Crippen molar-refractivity contribution in [2.24, 2.45) is 5.92 Å². The molecule has 0 aromatic rings. The molecule has 0 unspecified atom stereocenters. The highest BCUT2D eigenvalue weighted by atomic mass is 16.7. The highest BCUT2D eigenvalue weighted by Crippen LogP contribution is 2.25. The molecule has 0 amide bonds. The van der Waals surface area contributed by atoms with E-state index in [0.717, 1.165) is 25.7 Å². The summed E-state index contributed by atoms with van der Waals surface area (Å²) in [4.78, 5) is 11.4. The quantitative estimate of drug-likeness (QED) is 0.539. The zero-order chi connectivity index (χ0) is 14.1. The van der Waals surface area contributed by atoms with Crippen LogP contribution in [0.3, 0.4) is 0 Å². The number of esters is 1. The first-order valence-electron chi connectivity index (χ1n) is 7.25. The Bertz CT molecular complexity index is 246. The number of nitrogens with one attached hydrogen (secondary N) is 1. The number of rotatable bonds is 8. The van der Waals surface area contributed by atoms with Crippen molar-refractivity contribution in [1.29, 1.82) is 0 Å². The first-order valence-corrected chi connectivity index (χ1v) is 7.25. The van der Waals surface area contributed by atoms with Gasteiger partial charge >= 0.3 is 5.97 Å². The molecule has 1 aliphatic rings. The fourth-order valence-electron chi connectivity index (χ4n) is 2.50. The van der Waals surface area contributed by atoms with Gasteiger partial charge in [-0.2, -0.15) is 0 Å². The summed E-state index contributed by atoms with van der Waals surface area (Å²) in [5.74, 6) is 0.0117. The van der Waals surface area contributed by atoms with E-state index in [0.29, 0.717) is 25.8 Å². The summed E-state index contributed by atoms with van der Waals surface area (Å²) in [5, 5.41) is 3.47. The van der Waals surface area contributed by atoms with Gasteiger partial charge in [-0.05, 0) is 39.5 Å². The fourth-order valence-corrected chi connectivity index (χ4v) is 2.50. The van der Waals surface area contributed by atoms with Crippen LogP contribution in [0.1, 0.15) is 39.5 Å². The summed E-state index contributed by atoms with van der Waals surface area (Å²) in [5.41, 5.74) is 0. The SMILES string of the molecule is CCOC(CN[C@H]1CC[C@H](C(=O)OC)CC1)OCC. The van der Waals surface area contributed by atoms with Gasteiger partial charge in [-0.3, -0.25) is 4.79 Å². The van der Waals surface area contributed by atoms with Gasteiger partial charge in [-0.1, -0.05) is 0 Å². The zero-order valence-electron chi connectivity index (χ0n) is 12.3. The number of hydrogen-bond donors (Lipinski definition) is 1. The van der Waals surface area contributed by atoms with Crippen LogP contribution in [0.5, 0.6) is 0 Å². The average molecular weight is 273 g/mol. The van der Waals surface area contributed by atoms with E-state index in [2.05, 4.69) is 5.32 Å². The van der Waals surface area contributed by atoms with E-state index in [1.54, 1.807) is 0 Å². The normalized spacial score (nSPS) is 23.6. The predicted molar refractivity (Wildman–Crippen MR) is 72.8 cm³/mol. The number of hydrogen-bond acceptors (Lipinski definition) is 5. The van der Waals surface area contributed by atoms with Gasteiger partial charge in [0.25, 0.3) is 0 Å². The Morgan fingerprint density at radius 3 is 2.21 bits per heavy atom. The van der Waals surface area contributed by atoms with Crippen LogP contribution in [0, 0.1) is 5.92 Å². The highest BCUT2D eigenvalue weighted by molar-refractivity contribution is 5.72. The van der Waals surface area contributed by atoms with Crippen molar-refractivity contribution in [3.8, 4) is 0 Å². The molecule has 0 saturated heterocycles. The summed E-state index contributed by atoms with van der Waals surface area (Å²) in [6.45, 7) is 5.94. The highest BCUT2D eigenvalue weighted by Gasteiger charge is 2.27. The fraction of sp³-hybridized carbons (Fsp3) is 0.929. The summed E-state index contributed by atoms with van der Waals surface area (Å²) in [6.07, 6.45) is 3.64. The molecule has 0 aromatic heterocycles. The molecule has 0 radical (unpaired) electrons. The Morgan fingerprint density at radius 2 is 1.74 bits per heavy atom.